The van der Waals surface area contributed by atoms with E-state index < -0.39 is 0 Å². The van der Waals surface area contributed by atoms with E-state index >= 15 is 0 Å². The van der Waals surface area contributed by atoms with Crippen LogP contribution in [-0.4, -0.2) is 6.29 Å². The maximum atomic E-state index is 10.2. The normalized spacial score (nSPS) is 11.1. The first-order valence-electron chi connectivity index (χ1n) is 4.87. The van der Waals surface area contributed by atoms with Gasteiger partial charge < -0.3 is 0 Å². The van der Waals surface area contributed by atoms with Crippen molar-refractivity contribution in [2.75, 3.05) is 0 Å². The lowest BCUT2D eigenvalue weighted by Crippen LogP contribution is -1.89. The number of aryl methyl sites for hydroxylation is 1. The van der Waals surface area contributed by atoms with Crippen LogP contribution in [0.5, 0.6) is 0 Å². The molecule has 0 radical (unpaired) electrons. The summed E-state index contributed by atoms with van der Waals surface area (Å²) in [4.78, 5) is 10.2. The minimum absolute atomic E-state index is 0.554. The molecule has 1 rings (SSSR count). The molecule has 0 aromatic heterocycles. The molecule has 0 spiro atoms. The molecule has 0 fully saturated rings. The van der Waals surface area contributed by atoms with Crippen LogP contribution in [0.2, 0.25) is 0 Å². The maximum absolute atomic E-state index is 10.2. The third-order valence-corrected chi connectivity index (χ3v) is 2.31. The van der Waals surface area contributed by atoms with Gasteiger partial charge in [-0.05, 0) is 35.6 Å². The van der Waals surface area contributed by atoms with Gasteiger partial charge in [-0.1, -0.05) is 38.1 Å². The third-order valence-electron chi connectivity index (χ3n) is 2.31. The van der Waals surface area contributed by atoms with Crippen LogP contribution in [0, 0.1) is 6.92 Å². The Morgan fingerprint density at radius 1 is 1.29 bits per heavy atom. The number of rotatable bonds is 3. The summed E-state index contributed by atoms with van der Waals surface area (Å²) in [6, 6.07) is 6.35. The molecule has 0 amide bonds. The highest BCUT2D eigenvalue weighted by molar-refractivity contribution is 5.74. The zero-order chi connectivity index (χ0) is 10.6. The van der Waals surface area contributed by atoms with Gasteiger partial charge in [-0.25, -0.2) is 0 Å². The van der Waals surface area contributed by atoms with Crippen molar-refractivity contribution in [3.63, 3.8) is 0 Å². The monoisotopic (exact) mass is 188 g/mol. The summed E-state index contributed by atoms with van der Waals surface area (Å²) in [5.41, 5.74) is 3.67. The van der Waals surface area contributed by atoms with Crippen molar-refractivity contribution in [1.82, 2.24) is 0 Å². The van der Waals surface area contributed by atoms with Gasteiger partial charge in [-0.15, -0.1) is 0 Å². The quantitative estimate of drug-likeness (QED) is 0.525. The minimum Gasteiger partial charge on any atom is -0.299 e. The molecule has 0 atom stereocenters. The Kier molecular flexibility index (Phi) is 3.63. The fourth-order valence-electron chi connectivity index (χ4n) is 1.39. The zero-order valence-electron chi connectivity index (χ0n) is 8.95. The van der Waals surface area contributed by atoms with Crippen molar-refractivity contribution in [3.8, 4) is 0 Å². The van der Waals surface area contributed by atoms with Crippen LogP contribution in [0.3, 0.4) is 0 Å². The second kappa shape index (κ2) is 4.75. The van der Waals surface area contributed by atoms with E-state index in [0.717, 1.165) is 11.8 Å². The van der Waals surface area contributed by atoms with Crippen LogP contribution >= 0.6 is 0 Å². The highest BCUT2D eigenvalue weighted by Gasteiger charge is 2.00. The molecule has 0 saturated carbocycles. The molecule has 0 heterocycles. The summed E-state index contributed by atoms with van der Waals surface area (Å²) in [5, 5.41) is 0. The van der Waals surface area contributed by atoms with E-state index in [1.807, 2.05) is 6.08 Å². The lowest BCUT2D eigenvalue weighted by Gasteiger charge is -2.08. The Labute approximate surface area is 85.5 Å². The van der Waals surface area contributed by atoms with Crippen molar-refractivity contribution in [2.45, 2.75) is 26.7 Å². The number of allylic oxidation sites excluding steroid dienone is 1. The van der Waals surface area contributed by atoms with Gasteiger partial charge in [0.05, 0.1) is 0 Å². The van der Waals surface area contributed by atoms with Gasteiger partial charge in [0.25, 0.3) is 0 Å². The van der Waals surface area contributed by atoms with Crippen LogP contribution in [0.15, 0.2) is 24.3 Å². The lowest BCUT2D eigenvalue weighted by atomic mass is 9.98. The number of aldehydes is 1. The van der Waals surface area contributed by atoms with Gasteiger partial charge in [-0.2, -0.15) is 0 Å². The van der Waals surface area contributed by atoms with Gasteiger partial charge in [0.15, 0.2) is 0 Å². The average Bonchev–Trinajstić information content (AvgIpc) is 2.15. The molecule has 0 aliphatic rings. The van der Waals surface area contributed by atoms with Crippen LogP contribution in [0.25, 0.3) is 6.08 Å². The van der Waals surface area contributed by atoms with Crippen molar-refractivity contribution < 1.29 is 4.79 Å². The molecule has 1 aromatic carbocycles. The van der Waals surface area contributed by atoms with E-state index in [4.69, 9.17) is 0 Å². The molecule has 0 N–H and O–H groups in total. The SMILES string of the molecule is Cc1cc(C(C)C)ccc1/C=C/C=O. The van der Waals surface area contributed by atoms with Crippen LogP contribution in [-0.2, 0) is 4.79 Å². The molecule has 0 saturated heterocycles. The predicted molar refractivity (Wildman–Crippen MR) is 60.4 cm³/mol. The van der Waals surface area contributed by atoms with E-state index in [1.165, 1.54) is 17.2 Å². The zero-order valence-corrected chi connectivity index (χ0v) is 8.95. The molecule has 0 aliphatic heterocycles. The van der Waals surface area contributed by atoms with Gasteiger partial charge in [0, 0.05) is 0 Å². The molecule has 74 valence electrons. The molecular weight excluding hydrogens is 172 g/mol. The second-order valence-corrected chi connectivity index (χ2v) is 3.77. The second-order valence-electron chi connectivity index (χ2n) is 3.77. The highest BCUT2D eigenvalue weighted by atomic mass is 16.1. The van der Waals surface area contributed by atoms with Crippen LogP contribution in [0.1, 0.15) is 36.5 Å². The minimum atomic E-state index is 0.554. The summed E-state index contributed by atoms with van der Waals surface area (Å²) >= 11 is 0. The lowest BCUT2D eigenvalue weighted by molar-refractivity contribution is -0.104. The van der Waals surface area contributed by atoms with Crippen molar-refractivity contribution >= 4 is 12.4 Å². The number of hydrogen-bond acceptors (Lipinski definition) is 1. The van der Waals surface area contributed by atoms with E-state index in [2.05, 4.69) is 39.0 Å². The van der Waals surface area contributed by atoms with Crippen LogP contribution < -0.4 is 0 Å². The maximum Gasteiger partial charge on any atom is 0.142 e. The summed E-state index contributed by atoms with van der Waals surface area (Å²) in [6.45, 7) is 6.42. The third kappa shape index (κ3) is 2.56. The Hall–Kier alpha value is -1.37. The molecule has 0 aliphatic carbocycles. The Morgan fingerprint density at radius 3 is 2.50 bits per heavy atom. The summed E-state index contributed by atoms with van der Waals surface area (Å²) < 4.78 is 0. The summed E-state index contributed by atoms with van der Waals surface area (Å²) in [6.07, 6.45) is 4.17. The molecule has 0 bridgehead atoms. The van der Waals surface area contributed by atoms with E-state index in [1.54, 1.807) is 0 Å². The fraction of sp³-hybridized carbons (Fsp3) is 0.308. The summed E-state index contributed by atoms with van der Waals surface area (Å²) in [7, 11) is 0. The Morgan fingerprint density at radius 2 is 2.00 bits per heavy atom. The number of benzene rings is 1. The number of hydrogen-bond donors (Lipinski definition) is 0. The first kappa shape index (κ1) is 10.7. The largest absolute Gasteiger partial charge is 0.299 e. The molecule has 14 heavy (non-hydrogen) atoms. The summed E-state index contributed by atoms with van der Waals surface area (Å²) in [5.74, 6) is 0.554. The first-order chi connectivity index (χ1) is 6.65. The van der Waals surface area contributed by atoms with E-state index in [0.29, 0.717) is 5.92 Å². The van der Waals surface area contributed by atoms with Gasteiger partial charge in [0.1, 0.15) is 6.29 Å². The smallest absolute Gasteiger partial charge is 0.142 e. The standard InChI is InChI=1S/C13H16O/c1-10(2)13-7-6-12(5-4-8-14)11(3)9-13/h4-10H,1-3H3/b5-4+. The highest BCUT2D eigenvalue weighted by Crippen LogP contribution is 2.19. The topological polar surface area (TPSA) is 17.1 Å². The number of carbonyl (C=O) groups is 1. The average molecular weight is 188 g/mol. The van der Waals surface area contributed by atoms with Crippen LogP contribution in [0.4, 0.5) is 0 Å². The fourth-order valence-corrected chi connectivity index (χ4v) is 1.39. The van der Waals surface area contributed by atoms with Crippen molar-refractivity contribution in [3.05, 3.63) is 41.0 Å². The van der Waals surface area contributed by atoms with Crippen molar-refractivity contribution in [1.29, 1.82) is 0 Å². The Balaban J connectivity index is 3.01. The van der Waals surface area contributed by atoms with Gasteiger partial charge in [-0.3, -0.25) is 4.79 Å². The molecule has 0 unspecified atom stereocenters. The van der Waals surface area contributed by atoms with Gasteiger partial charge in [0.2, 0.25) is 0 Å². The van der Waals surface area contributed by atoms with E-state index in [-0.39, 0.29) is 0 Å². The van der Waals surface area contributed by atoms with Crippen molar-refractivity contribution in [2.24, 2.45) is 0 Å². The number of carbonyl (C=O) groups excluding carboxylic acids is 1. The predicted octanol–water partition coefficient (Wildman–Crippen LogP) is 3.33. The van der Waals surface area contributed by atoms with E-state index in [9.17, 15) is 4.79 Å². The Bertz CT molecular complexity index is 348. The molecular formula is C13H16O. The molecule has 1 nitrogen and oxygen atoms in total. The van der Waals surface area contributed by atoms with Gasteiger partial charge >= 0.3 is 0 Å². The first-order valence-corrected chi connectivity index (χ1v) is 4.87. The molecule has 1 heteroatoms. The molecule has 1 aromatic rings.